The highest BCUT2D eigenvalue weighted by Crippen LogP contribution is 2.36. The molecule has 1 fully saturated rings. The van der Waals surface area contributed by atoms with Gasteiger partial charge in [-0.3, -0.25) is 5.10 Å². The minimum atomic E-state index is 0.533. The summed E-state index contributed by atoms with van der Waals surface area (Å²) in [4.78, 5) is 11.2. The monoisotopic (exact) mass is 531 g/mol. The lowest BCUT2D eigenvalue weighted by atomic mass is 10.0. The highest BCUT2D eigenvalue weighted by Gasteiger charge is 2.19. The van der Waals surface area contributed by atoms with Gasteiger partial charge in [0.25, 0.3) is 0 Å². The molecule has 0 atom stereocenters. The molecule has 1 aromatic carbocycles. The predicted octanol–water partition coefficient (Wildman–Crippen LogP) is 8.91. The first-order chi connectivity index (χ1) is 19.0. The normalized spacial score (nSPS) is 14.9. The number of rotatable bonds is 8. The van der Waals surface area contributed by atoms with Gasteiger partial charge in [0.2, 0.25) is 0 Å². The fourth-order valence-electron chi connectivity index (χ4n) is 5.50. The van der Waals surface area contributed by atoms with Gasteiger partial charge in [0.15, 0.2) is 0 Å². The summed E-state index contributed by atoms with van der Waals surface area (Å²) >= 11 is 1.81. The molecule has 0 radical (unpaired) electrons. The van der Waals surface area contributed by atoms with Gasteiger partial charge in [0, 0.05) is 37.6 Å². The Morgan fingerprint density at radius 1 is 1.10 bits per heavy atom. The Hall–Kier alpha value is -4.16. The first kappa shape index (κ1) is 25.1. The standard InChI is InChI=1S/C33H33N5S/c1-5-22(18-24(6-2)34-21(4)23-10-7-8-11-23)27-15-16-29-32(36-27)33(38-37-29)30-19-26-25(12-9-13-28(26)35-30)31-17-14-20(3)39-31/h5-6,9,12-19,23,34-35H,2,4,7-8,10-11H2,1,3H3,(H,37,38)/b22-5+,24-18+. The van der Waals surface area contributed by atoms with Crippen molar-refractivity contribution in [3.63, 3.8) is 0 Å². The van der Waals surface area contributed by atoms with Crippen LogP contribution in [-0.2, 0) is 0 Å². The summed E-state index contributed by atoms with van der Waals surface area (Å²) in [7, 11) is 0. The number of nitrogens with zero attached hydrogens (tertiary/aromatic N) is 2. The maximum Gasteiger partial charge on any atom is 0.135 e. The van der Waals surface area contributed by atoms with Gasteiger partial charge in [-0.2, -0.15) is 5.10 Å². The van der Waals surface area contributed by atoms with Crippen LogP contribution in [0, 0.1) is 12.8 Å². The maximum absolute atomic E-state index is 5.07. The average molecular weight is 532 g/mol. The second-order valence-corrected chi connectivity index (χ2v) is 11.5. The molecular formula is C33H33N5S. The van der Waals surface area contributed by atoms with E-state index in [1.165, 1.54) is 46.4 Å². The van der Waals surface area contributed by atoms with E-state index in [0.29, 0.717) is 5.92 Å². The zero-order valence-corrected chi connectivity index (χ0v) is 23.3. The van der Waals surface area contributed by atoms with Crippen LogP contribution in [0.15, 0.2) is 91.3 Å². The third-order valence-corrected chi connectivity index (χ3v) is 8.66. The van der Waals surface area contributed by atoms with Crippen LogP contribution < -0.4 is 5.32 Å². The summed E-state index contributed by atoms with van der Waals surface area (Å²) in [6.07, 6.45) is 11.0. The summed E-state index contributed by atoms with van der Waals surface area (Å²) in [5.41, 5.74) is 9.71. The molecule has 5 aromatic rings. The SMILES string of the molecule is C=C/C(=C\C(=C/C)c1ccc2[nH]nc(-c3cc4c(-c5ccc(C)s5)cccc4[nH]3)c2n1)NC(=C)C1CCCC1. The largest absolute Gasteiger partial charge is 0.359 e. The number of hydrogen-bond acceptors (Lipinski definition) is 4. The van der Waals surface area contributed by atoms with E-state index in [9.17, 15) is 0 Å². The molecule has 4 aromatic heterocycles. The number of pyridine rings is 1. The predicted molar refractivity (Wildman–Crippen MR) is 165 cm³/mol. The van der Waals surface area contributed by atoms with E-state index >= 15 is 0 Å². The van der Waals surface area contributed by atoms with Gasteiger partial charge in [-0.15, -0.1) is 11.3 Å². The Morgan fingerprint density at radius 2 is 1.95 bits per heavy atom. The van der Waals surface area contributed by atoms with Crippen molar-refractivity contribution in [3.05, 3.63) is 102 Å². The van der Waals surface area contributed by atoms with Crippen molar-refractivity contribution < 1.29 is 0 Å². The van der Waals surface area contributed by atoms with Crippen molar-refractivity contribution in [1.29, 1.82) is 0 Å². The molecule has 0 amide bonds. The van der Waals surface area contributed by atoms with Gasteiger partial charge < -0.3 is 10.3 Å². The Kier molecular flexibility index (Phi) is 6.79. The van der Waals surface area contributed by atoms with Gasteiger partial charge in [-0.25, -0.2) is 4.98 Å². The molecule has 6 heteroatoms. The van der Waals surface area contributed by atoms with Crippen molar-refractivity contribution in [3.8, 4) is 21.8 Å². The van der Waals surface area contributed by atoms with Crippen molar-refractivity contribution in [2.45, 2.75) is 39.5 Å². The zero-order valence-electron chi connectivity index (χ0n) is 22.5. The Labute approximate surface area is 233 Å². The Balaban J connectivity index is 1.35. The second-order valence-electron chi connectivity index (χ2n) is 10.2. The van der Waals surface area contributed by atoms with Gasteiger partial charge >= 0.3 is 0 Å². The minimum Gasteiger partial charge on any atom is -0.359 e. The van der Waals surface area contributed by atoms with E-state index in [1.807, 2.05) is 36.5 Å². The summed E-state index contributed by atoms with van der Waals surface area (Å²) in [6.45, 7) is 12.5. The third kappa shape index (κ3) is 4.88. The first-order valence-corrected chi connectivity index (χ1v) is 14.4. The number of benzene rings is 1. The van der Waals surface area contributed by atoms with E-state index < -0.39 is 0 Å². The molecule has 196 valence electrons. The number of fused-ring (bicyclic) bond motifs is 2. The highest BCUT2D eigenvalue weighted by atomic mass is 32.1. The molecule has 1 aliphatic rings. The van der Waals surface area contributed by atoms with Crippen molar-refractivity contribution in [2.24, 2.45) is 5.92 Å². The number of hydrogen-bond donors (Lipinski definition) is 3. The number of aromatic amines is 2. The second kappa shape index (κ2) is 10.5. The molecule has 0 aliphatic heterocycles. The molecule has 5 nitrogen and oxygen atoms in total. The molecule has 1 saturated carbocycles. The van der Waals surface area contributed by atoms with Crippen LogP contribution in [-0.4, -0.2) is 20.2 Å². The molecule has 0 bridgehead atoms. The van der Waals surface area contributed by atoms with Gasteiger partial charge in [0.1, 0.15) is 11.2 Å². The van der Waals surface area contributed by atoms with Crippen molar-refractivity contribution in [2.75, 3.05) is 0 Å². The van der Waals surface area contributed by atoms with Gasteiger partial charge in [0.05, 0.1) is 16.9 Å². The Bertz CT molecular complexity index is 1750. The number of allylic oxidation sites excluding steroid dienone is 5. The molecule has 39 heavy (non-hydrogen) atoms. The lowest BCUT2D eigenvalue weighted by molar-refractivity contribution is 0.607. The van der Waals surface area contributed by atoms with E-state index in [2.05, 4.69) is 89.1 Å². The van der Waals surface area contributed by atoms with E-state index in [-0.39, 0.29) is 0 Å². The van der Waals surface area contributed by atoms with Crippen LogP contribution in [0.3, 0.4) is 0 Å². The summed E-state index contributed by atoms with van der Waals surface area (Å²) in [5, 5.41) is 12.5. The molecular weight excluding hydrogens is 498 g/mol. The van der Waals surface area contributed by atoms with Crippen LogP contribution in [0.25, 0.3) is 49.3 Å². The van der Waals surface area contributed by atoms with E-state index in [0.717, 1.165) is 50.6 Å². The quantitative estimate of drug-likeness (QED) is 0.175. The molecule has 0 saturated heterocycles. The van der Waals surface area contributed by atoms with Crippen LogP contribution in [0.4, 0.5) is 0 Å². The van der Waals surface area contributed by atoms with Gasteiger partial charge in [-0.05, 0) is 86.7 Å². The van der Waals surface area contributed by atoms with Crippen molar-refractivity contribution >= 4 is 38.8 Å². The number of aromatic nitrogens is 4. The van der Waals surface area contributed by atoms with E-state index in [1.54, 1.807) is 0 Å². The minimum absolute atomic E-state index is 0.533. The highest BCUT2D eigenvalue weighted by molar-refractivity contribution is 7.15. The number of thiophene rings is 1. The third-order valence-electron chi connectivity index (χ3n) is 7.62. The maximum atomic E-state index is 5.07. The molecule has 3 N–H and O–H groups in total. The molecule has 1 aliphatic carbocycles. The number of nitrogens with one attached hydrogen (secondary N) is 3. The number of aryl methyl sites for hydroxylation is 1. The fourth-order valence-corrected chi connectivity index (χ4v) is 6.41. The fraction of sp³-hybridized carbons (Fsp3) is 0.212. The first-order valence-electron chi connectivity index (χ1n) is 13.5. The summed E-state index contributed by atoms with van der Waals surface area (Å²) in [6, 6.07) is 17.0. The van der Waals surface area contributed by atoms with Crippen molar-refractivity contribution in [1.82, 2.24) is 25.5 Å². The lowest BCUT2D eigenvalue weighted by Gasteiger charge is -2.16. The average Bonchev–Trinajstić information content (AvgIpc) is 3.76. The summed E-state index contributed by atoms with van der Waals surface area (Å²) in [5.74, 6) is 0.533. The number of H-pyrrole nitrogens is 2. The van der Waals surface area contributed by atoms with Gasteiger partial charge in [-0.1, -0.05) is 44.2 Å². The summed E-state index contributed by atoms with van der Waals surface area (Å²) < 4.78 is 0. The molecule has 4 heterocycles. The van der Waals surface area contributed by atoms with Crippen LogP contribution >= 0.6 is 11.3 Å². The molecule has 6 rings (SSSR count). The lowest BCUT2D eigenvalue weighted by Crippen LogP contribution is -2.16. The van der Waals surface area contributed by atoms with Crippen LogP contribution in [0.2, 0.25) is 0 Å². The molecule has 0 spiro atoms. The topological polar surface area (TPSA) is 69.4 Å². The zero-order chi connectivity index (χ0) is 26.9. The Morgan fingerprint density at radius 3 is 2.69 bits per heavy atom. The van der Waals surface area contributed by atoms with Crippen LogP contribution in [0.1, 0.15) is 43.2 Å². The molecule has 0 unspecified atom stereocenters. The van der Waals surface area contributed by atoms with E-state index in [4.69, 9.17) is 4.98 Å². The van der Waals surface area contributed by atoms with Crippen LogP contribution in [0.5, 0.6) is 0 Å². The smallest absolute Gasteiger partial charge is 0.135 e.